The Morgan fingerprint density at radius 1 is 1.25 bits per heavy atom. The van der Waals surface area contributed by atoms with E-state index in [1.54, 1.807) is 29.6 Å². The summed E-state index contributed by atoms with van der Waals surface area (Å²) in [4.78, 5) is 22.2. The third kappa shape index (κ3) is 3.10. The highest BCUT2D eigenvalue weighted by atomic mass is 16.2. The Balaban J connectivity index is 2.21. The molecule has 0 radical (unpaired) electrons. The fourth-order valence-electron chi connectivity index (χ4n) is 1.90. The molecule has 0 aliphatic rings. The highest BCUT2D eigenvalue weighted by Crippen LogP contribution is 2.16. The Bertz CT molecular complexity index is 573. The van der Waals surface area contributed by atoms with Crippen molar-refractivity contribution in [3.05, 3.63) is 54.1 Å². The quantitative estimate of drug-likeness (QED) is 0.634. The number of carbonyl (C=O) groups is 1. The van der Waals surface area contributed by atoms with Gasteiger partial charge in [0.05, 0.1) is 11.3 Å². The smallest absolute Gasteiger partial charge is 0.257 e. The zero-order chi connectivity index (χ0) is 14.4. The van der Waals surface area contributed by atoms with Gasteiger partial charge in [-0.25, -0.2) is 0 Å². The molecule has 0 saturated carbocycles. The monoisotopic (exact) mass is 271 g/mol. The van der Waals surface area contributed by atoms with Gasteiger partial charge in [0, 0.05) is 37.9 Å². The number of aromatic nitrogens is 2. The third-order valence-electron chi connectivity index (χ3n) is 3.00. The molecule has 0 spiro atoms. The van der Waals surface area contributed by atoms with E-state index in [-0.39, 0.29) is 5.91 Å². The van der Waals surface area contributed by atoms with Gasteiger partial charge >= 0.3 is 0 Å². The van der Waals surface area contributed by atoms with E-state index >= 15 is 0 Å². The molecule has 0 bridgehead atoms. The lowest BCUT2D eigenvalue weighted by Gasteiger charge is -2.22. The second kappa shape index (κ2) is 6.63. The molecule has 2 rings (SSSR count). The zero-order valence-corrected chi connectivity index (χ0v) is 11.3. The van der Waals surface area contributed by atoms with E-state index in [4.69, 9.17) is 5.84 Å². The number of rotatable bonds is 5. The molecule has 0 aromatic carbocycles. The summed E-state index contributed by atoms with van der Waals surface area (Å²) in [7, 11) is 0. The molecule has 20 heavy (non-hydrogen) atoms. The van der Waals surface area contributed by atoms with Crippen molar-refractivity contribution < 1.29 is 4.79 Å². The van der Waals surface area contributed by atoms with Crippen LogP contribution in [0.2, 0.25) is 0 Å². The molecule has 3 N–H and O–H groups in total. The van der Waals surface area contributed by atoms with Crippen LogP contribution in [0.3, 0.4) is 0 Å². The summed E-state index contributed by atoms with van der Waals surface area (Å²) in [6.07, 6.45) is 6.53. The van der Waals surface area contributed by atoms with Crippen LogP contribution in [0, 0.1) is 0 Å². The van der Waals surface area contributed by atoms with Crippen molar-refractivity contribution in [1.82, 2.24) is 14.9 Å². The van der Waals surface area contributed by atoms with Gasteiger partial charge in [0.1, 0.15) is 0 Å². The van der Waals surface area contributed by atoms with Gasteiger partial charge in [-0.1, -0.05) is 0 Å². The van der Waals surface area contributed by atoms with E-state index < -0.39 is 0 Å². The Hall–Kier alpha value is -2.47. The molecule has 1 amide bonds. The van der Waals surface area contributed by atoms with Gasteiger partial charge in [0.25, 0.3) is 5.91 Å². The first kappa shape index (κ1) is 14.0. The summed E-state index contributed by atoms with van der Waals surface area (Å²) >= 11 is 0. The predicted molar refractivity (Wildman–Crippen MR) is 76.7 cm³/mol. The van der Waals surface area contributed by atoms with E-state index in [0.29, 0.717) is 24.3 Å². The van der Waals surface area contributed by atoms with Gasteiger partial charge in [-0.2, -0.15) is 0 Å². The number of hydrogen-bond acceptors (Lipinski definition) is 5. The number of nitrogens with one attached hydrogen (secondary N) is 1. The maximum atomic E-state index is 12.5. The van der Waals surface area contributed by atoms with Gasteiger partial charge in [-0.05, 0) is 30.7 Å². The molecule has 2 heterocycles. The van der Waals surface area contributed by atoms with Crippen LogP contribution >= 0.6 is 0 Å². The van der Waals surface area contributed by atoms with Crippen molar-refractivity contribution >= 4 is 11.6 Å². The number of nitrogen functional groups attached to an aromatic ring is 1. The molecule has 0 unspecified atom stereocenters. The fraction of sp³-hybridized carbons (Fsp3) is 0.214. The first-order valence-corrected chi connectivity index (χ1v) is 6.35. The summed E-state index contributed by atoms with van der Waals surface area (Å²) in [6.45, 7) is 3.06. The van der Waals surface area contributed by atoms with E-state index in [1.165, 1.54) is 6.20 Å². The van der Waals surface area contributed by atoms with E-state index in [0.717, 1.165) is 5.56 Å². The highest BCUT2D eigenvalue weighted by Gasteiger charge is 2.17. The second-order valence-corrected chi connectivity index (χ2v) is 4.24. The minimum absolute atomic E-state index is 0.106. The number of amides is 1. The molecular weight excluding hydrogens is 254 g/mol. The lowest BCUT2D eigenvalue weighted by molar-refractivity contribution is 0.0753. The molecule has 6 nitrogen and oxygen atoms in total. The Labute approximate surface area is 117 Å². The molecule has 0 aliphatic carbocycles. The van der Waals surface area contributed by atoms with Gasteiger partial charge in [-0.3, -0.25) is 20.6 Å². The van der Waals surface area contributed by atoms with E-state index in [2.05, 4.69) is 15.4 Å². The number of hydrogen-bond donors (Lipinski definition) is 2. The van der Waals surface area contributed by atoms with Crippen LogP contribution < -0.4 is 11.3 Å². The Morgan fingerprint density at radius 3 is 2.60 bits per heavy atom. The number of anilines is 1. The minimum Gasteiger partial charge on any atom is -0.334 e. The molecular formula is C14H17N5O. The Kier molecular flexibility index (Phi) is 4.62. The summed E-state index contributed by atoms with van der Waals surface area (Å²) in [5.41, 5.74) is 4.58. The third-order valence-corrected chi connectivity index (χ3v) is 3.00. The minimum atomic E-state index is -0.106. The van der Waals surface area contributed by atoms with Crippen LogP contribution in [0.5, 0.6) is 0 Å². The van der Waals surface area contributed by atoms with Crippen molar-refractivity contribution in [2.75, 3.05) is 12.0 Å². The average Bonchev–Trinajstić information content (AvgIpc) is 2.53. The number of nitrogens with zero attached hydrogens (tertiary/aromatic N) is 3. The molecule has 0 atom stereocenters. The molecule has 0 aliphatic heterocycles. The van der Waals surface area contributed by atoms with Gasteiger partial charge in [0.15, 0.2) is 0 Å². The molecule has 2 aromatic rings. The van der Waals surface area contributed by atoms with Crippen LogP contribution in [0.15, 0.2) is 43.0 Å². The number of carbonyl (C=O) groups excluding carboxylic acids is 1. The van der Waals surface area contributed by atoms with Gasteiger partial charge < -0.3 is 10.3 Å². The maximum absolute atomic E-state index is 12.5. The normalized spacial score (nSPS) is 10.1. The topological polar surface area (TPSA) is 84.1 Å². The molecule has 2 aromatic heterocycles. The number of hydrazine groups is 1. The van der Waals surface area contributed by atoms with Gasteiger partial charge in [0.2, 0.25) is 0 Å². The van der Waals surface area contributed by atoms with Crippen LogP contribution in [0.25, 0.3) is 0 Å². The SMILES string of the molecule is CCN(Cc1ccncc1)C(=O)c1cnccc1NN. The van der Waals surface area contributed by atoms with Crippen LogP contribution in [-0.4, -0.2) is 27.3 Å². The molecule has 0 saturated heterocycles. The largest absolute Gasteiger partial charge is 0.334 e. The molecule has 6 heteroatoms. The van der Waals surface area contributed by atoms with Crippen LogP contribution in [-0.2, 0) is 6.54 Å². The van der Waals surface area contributed by atoms with Crippen molar-refractivity contribution in [3.63, 3.8) is 0 Å². The van der Waals surface area contributed by atoms with E-state index in [9.17, 15) is 4.79 Å². The zero-order valence-electron chi connectivity index (χ0n) is 11.3. The second-order valence-electron chi connectivity index (χ2n) is 4.24. The summed E-state index contributed by atoms with van der Waals surface area (Å²) in [6, 6.07) is 5.45. The van der Waals surface area contributed by atoms with Crippen LogP contribution in [0.1, 0.15) is 22.8 Å². The predicted octanol–water partition coefficient (Wildman–Crippen LogP) is 1.42. The number of pyridine rings is 2. The van der Waals surface area contributed by atoms with Crippen molar-refractivity contribution in [3.8, 4) is 0 Å². The Morgan fingerprint density at radius 2 is 1.95 bits per heavy atom. The van der Waals surface area contributed by atoms with Crippen molar-refractivity contribution in [2.45, 2.75) is 13.5 Å². The standard InChI is InChI=1S/C14H17N5O/c1-2-19(10-11-3-6-16-7-4-11)14(20)12-9-17-8-5-13(12)18-15/h3-9H,2,10,15H2,1H3,(H,17,18). The maximum Gasteiger partial charge on any atom is 0.257 e. The summed E-state index contributed by atoms with van der Waals surface area (Å²) in [5.74, 6) is 5.32. The van der Waals surface area contributed by atoms with Crippen LogP contribution in [0.4, 0.5) is 5.69 Å². The lowest BCUT2D eigenvalue weighted by atomic mass is 10.2. The molecule has 104 valence electrons. The number of nitrogens with two attached hydrogens (primary N) is 1. The summed E-state index contributed by atoms with van der Waals surface area (Å²) < 4.78 is 0. The highest BCUT2D eigenvalue weighted by molar-refractivity contribution is 5.99. The van der Waals surface area contributed by atoms with E-state index in [1.807, 2.05) is 19.1 Å². The average molecular weight is 271 g/mol. The first-order chi connectivity index (χ1) is 9.76. The first-order valence-electron chi connectivity index (χ1n) is 6.35. The van der Waals surface area contributed by atoms with Crippen molar-refractivity contribution in [2.24, 2.45) is 5.84 Å². The lowest BCUT2D eigenvalue weighted by Crippen LogP contribution is -2.31. The summed E-state index contributed by atoms with van der Waals surface area (Å²) in [5, 5.41) is 0. The van der Waals surface area contributed by atoms with Gasteiger partial charge in [-0.15, -0.1) is 0 Å². The fourth-order valence-corrected chi connectivity index (χ4v) is 1.90. The van der Waals surface area contributed by atoms with Crippen molar-refractivity contribution in [1.29, 1.82) is 0 Å². The molecule has 0 fully saturated rings.